The Morgan fingerprint density at radius 2 is 1.88 bits per heavy atom. The van der Waals surface area contributed by atoms with E-state index in [0.29, 0.717) is 5.56 Å². The molecule has 0 fully saturated rings. The van der Waals surface area contributed by atoms with Crippen LogP contribution in [-0.2, 0) is 0 Å². The highest BCUT2D eigenvalue weighted by molar-refractivity contribution is 9.10. The van der Waals surface area contributed by atoms with Gasteiger partial charge in [0.2, 0.25) is 0 Å². The van der Waals surface area contributed by atoms with Crippen LogP contribution in [0.4, 0.5) is 11.4 Å². The zero-order valence-corrected chi connectivity index (χ0v) is 15.9. The normalized spacial score (nSPS) is 10.3. The maximum atomic E-state index is 12.3. The van der Waals surface area contributed by atoms with Gasteiger partial charge in [0.25, 0.3) is 5.91 Å². The minimum absolute atomic E-state index is 0.188. The van der Waals surface area contributed by atoms with Gasteiger partial charge < -0.3 is 9.62 Å². The Kier molecular flexibility index (Phi) is 5.73. The molecule has 6 heteroatoms. The Hall–Kier alpha value is -2.31. The molecule has 1 heterocycles. The Labute approximate surface area is 159 Å². The summed E-state index contributed by atoms with van der Waals surface area (Å²) in [4.78, 5) is 17.4. The Morgan fingerprint density at radius 1 is 1.08 bits per heavy atom. The lowest BCUT2D eigenvalue weighted by atomic mass is 10.2. The third kappa shape index (κ3) is 4.84. The third-order valence-corrected chi connectivity index (χ3v) is 4.80. The molecule has 0 spiro atoms. The molecule has 2 aromatic carbocycles. The fourth-order valence-corrected chi connectivity index (χ4v) is 3.45. The molecule has 0 aliphatic rings. The Bertz CT molecular complexity index is 873. The number of hydrogen-bond acceptors (Lipinski definition) is 4. The topological polar surface area (TPSA) is 45.2 Å². The van der Waals surface area contributed by atoms with E-state index in [1.807, 2.05) is 49.5 Å². The second kappa shape index (κ2) is 8.18. The number of halogens is 1. The summed E-state index contributed by atoms with van der Waals surface area (Å²) >= 11 is 4.92. The van der Waals surface area contributed by atoms with Gasteiger partial charge in [0.15, 0.2) is 0 Å². The molecule has 1 N–H and O–H groups in total. The molecule has 4 nitrogen and oxygen atoms in total. The SMILES string of the molecule is CN(Sc1cccc(NC(=O)c2cncc(Br)c2)c1)c1ccccc1. The number of hydrogen-bond donors (Lipinski definition) is 1. The molecule has 0 aliphatic heterocycles. The first-order valence-corrected chi connectivity index (χ1v) is 9.17. The maximum absolute atomic E-state index is 12.3. The molecule has 3 aromatic rings. The molecule has 25 heavy (non-hydrogen) atoms. The molecule has 0 aliphatic carbocycles. The van der Waals surface area contributed by atoms with Gasteiger partial charge in [-0.2, -0.15) is 0 Å². The number of para-hydroxylation sites is 1. The van der Waals surface area contributed by atoms with Gasteiger partial charge in [-0.3, -0.25) is 9.78 Å². The van der Waals surface area contributed by atoms with Crippen LogP contribution in [-0.4, -0.2) is 17.9 Å². The first-order chi connectivity index (χ1) is 12.1. The van der Waals surface area contributed by atoms with Crippen LogP contribution < -0.4 is 9.62 Å². The van der Waals surface area contributed by atoms with Crippen molar-refractivity contribution in [2.75, 3.05) is 16.7 Å². The van der Waals surface area contributed by atoms with E-state index in [9.17, 15) is 4.79 Å². The summed E-state index contributed by atoms with van der Waals surface area (Å²) in [7, 11) is 2.01. The zero-order chi connectivity index (χ0) is 17.6. The minimum Gasteiger partial charge on any atom is -0.322 e. The molecular formula is C19H16BrN3OS. The fraction of sp³-hybridized carbons (Fsp3) is 0.0526. The molecule has 1 amide bonds. The molecule has 0 radical (unpaired) electrons. The predicted molar refractivity (Wildman–Crippen MR) is 107 cm³/mol. The molecule has 0 bridgehead atoms. The summed E-state index contributed by atoms with van der Waals surface area (Å²) in [6, 6.07) is 19.6. The fourth-order valence-electron chi connectivity index (χ4n) is 2.22. The number of anilines is 2. The molecule has 3 rings (SSSR count). The molecule has 0 unspecified atom stereocenters. The van der Waals surface area contributed by atoms with Crippen LogP contribution in [0.5, 0.6) is 0 Å². The molecule has 0 saturated heterocycles. The van der Waals surface area contributed by atoms with E-state index < -0.39 is 0 Å². The van der Waals surface area contributed by atoms with Crippen molar-refractivity contribution in [2.24, 2.45) is 0 Å². The number of aromatic nitrogens is 1. The molecule has 1 aromatic heterocycles. The van der Waals surface area contributed by atoms with Gasteiger partial charge in [-0.25, -0.2) is 0 Å². The smallest absolute Gasteiger partial charge is 0.257 e. The van der Waals surface area contributed by atoms with Crippen molar-refractivity contribution in [3.8, 4) is 0 Å². The van der Waals surface area contributed by atoms with Crippen LogP contribution in [0.2, 0.25) is 0 Å². The lowest BCUT2D eigenvalue weighted by Crippen LogP contribution is -2.12. The van der Waals surface area contributed by atoms with Crippen molar-refractivity contribution < 1.29 is 4.79 Å². The summed E-state index contributed by atoms with van der Waals surface area (Å²) in [5, 5.41) is 2.91. The molecular weight excluding hydrogens is 398 g/mol. The van der Waals surface area contributed by atoms with Gasteiger partial charge in [-0.1, -0.05) is 24.3 Å². The van der Waals surface area contributed by atoms with Crippen LogP contribution in [0.25, 0.3) is 0 Å². The lowest BCUT2D eigenvalue weighted by molar-refractivity contribution is 0.102. The van der Waals surface area contributed by atoms with Gasteiger partial charge in [0.05, 0.1) is 5.56 Å². The second-order valence-electron chi connectivity index (χ2n) is 5.30. The third-order valence-electron chi connectivity index (χ3n) is 3.42. The van der Waals surface area contributed by atoms with Gasteiger partial charge in [-0.05, 0) is 64.3 Å². The first-order valence-electron chi connectivity index (χ1n) is 7.60. The monoisotopic (exact) mass is 413 g/mol. The predicted octanol–water partition coefficient (Wildman–Crippen LogP) is 5.24. The number of rotatable bonds is 5. The van der Waals surface area contributed by atoms with Crippen LogP contribution in [0.1, 0.15) is 10.4 Å². The Morgan fingerprint density at radius 3 is 2.64 bits per heavy atom. The lowest BCUT2D eigenvalue weighted by Gasteiger charge is -2.18. The number of benzene rings is 2. The van der Waals surface area contributed by atoms with Crippen molar-refractivity contribution in [3.63, 3.8) is 0 Å². The summed E-state index contributed by atoms with van der Waals surface area (Å²) in [6.07, 6.45) is 3.19. The number of amides is 1. The van der Waals surface area contributed by atoms with E-state index in [4.69, 9.17) is 0 Å². The van der Waals surface area contributed by atoms with Crippen molar-refractivity contribution in [2.45, 2.75) is 4.90 Å². The quantitative estimate of drug-likeness (QED) is 0.580. The van der Waals surface area contributed by atoms with E-state index in [0.717, 1.165) is 20.7 Å². The number of nitrogens with one attached hydrogen (secondary N) is 1. The number of nitrogens with zero attached hydrogens (tertiary/aromatic N) is 2. The summed E-state index contributed by atoms with van der Waals surface area (Å²) in [6.45, 7) is 0. The highest BCUT2D eigenvalue weighted by Gasteiger charge is 2.08. The number of carbonyl (C=O) groups excluding carboxylic acids is 1. The molecule has 0 atom stereocenters. The zero-order valence-electron chi connectivity index (χ0n) is 13.5. The van der Waals surface area contributed by atoms with Crippen LogP contribution in [0, 0.1) is 0 Å². The number of carbonyl (C=O) groups is 1. The van der Waals surface area contributed by atoms with Gasteiger partial charge in [0, 0.05) is 40.2 Å². The summed E-state index contributed by atoms with van der Waals surface area (Å²) in [5.41, 5.74) is 2.37. The standard InChI is InChI=1S/C19H16BrN3OS/c1-23(17-7-3-2-4-8-17)25-18-9-5-6-16(11-18)22-19(24)14-10-15(20)13-21-12-14/h2-13H,1H3,(H,22,24). The van der Waals surface area contributed by atoms with E-state index in [1.54, 1.807) is 30.4 Å². The van der Waals surface area contributed by atoms with Crippen LogP contribution in [0.15, 0.2) is 82.4 Å². The average molecular weight is 414 g/mol. The average Bonchev–Trinajstić information content (AvgIpc) is 2.63. The van der Waals surface area contributed by atoms with Crippen LogP contribution >= 0.6 is 27.9 Å². The first kappa shape index (κ1) is 17.5. The van der Waals surface area contributed by atoms with E-state index in [2.05, 4.69) is 42.7 Å². The van der Waals surface area contributed by atoms with Crippen LogP contribution in [0.3, 0.4) is 0 Å². The minimum atomic E-state index is -0.188. The molecule has 0 saturated carbocycles. The van der Waals surface area contributed by atoms with E-state index in [-0.39, 0.29) is 5.91 Å². The molecule has 126 valence electrons. The number of pyridine rings is 1. The summed E-state index contributed by atoms with van der Waals surface area (Å²) < 4.78 is 2.85. The van der Waals surface area contributed by atoms with E-state index in [1.165, 1.54) is 0 Å². The van der Waals surface area contributed by atoms with E-state index >= 15 is 0 Å². The summed E-state index contributed by atoms with van der Waals surface area (Å²) in [5.74, 6) is -0.188. The van der Waals surface area contributed by atoms with Crippen molar-refractivity contribution >= 4 is 45.2 Å². The Balaban J connectivity index is 1.70. The maximum Gasteiger partial charge on any atom is 0.257 e. The highest BCUT2D eigenvalue weighted by Crippen LogP contribution is 2.28. The van der Waals surface area contributed by atoms with Crippen molar-refractivity contribution in [1.82, 2.24) is 4.98 Å². The highest BCUT2D eigenvalue weighted by atomic mass is 79.9. The second-order valence-corrected chi connectivity index (χ2v) is 7.42. The van der Waals surface area contributed by atoms with Gasteiger partial charge >= 0.3 is 0 Å². The van der Waals surface area contributed by atoms with Crippen molar-refractivity contribution in [1.29, 1.82) is 0 Å². The van der Waals surface area contributed by atoms with Gasteiger partial charge in [0.1, 0.15) is 0 Å². The van der Waals surface area contributed by atoms with Crippen molar-refractivity contribution in [3.05, 3.63) is 83.1 Å². The largest absolute Gasteiger partial charge is 0.322 e. The van der Waals surface area contributed by atoms with Gasteiger partial charge in [-0.15, -0.1) is 0 Å².